The van der Waals surface area contributed by atoms with E-state index in [-0.39, 0.29) is 24.4 Å². The molecule has 2 saturated heterocycles. The van der Waals surface area contributed by atoms with Crippen LogP contribution in [0.2, 0.25) is 10.0 Å². The molecule has 2 saturated carbocycles. The van der Waals surface area contributed by atoms with E-state index < -0.39 is 11.6 Å². The van der Waals surface area contributed by atoms with Crippen LogP contribution in [0.5, 0.6) is 0 Å². The van der Waals surface area contributed by atoms with Crippen molar-refractivity contribution in [3.8, 4) is 0 Å². The van der Waals surface area contributed by atoms with Gasteiger partial charge < -0.3 is 28.7 Å². The van der Waals surface area contributed by atoms with Gasteiger partial charge in [0, 0.05) is 51.8 Å². The third kappa shape index (κ3) is 8.61. The van der Waals surface area contributed by atoms with E-state index in [1.54, 1.807) is 47.7 Å². The molecule has 14 nitrogen and oxygen atoms in total. The first-order valence-electron chi connectivity index (χ1n) is 20.2. The second-order valence-corrected chi connectivity index (χ2v) is 22.2. The van der Waals surface area contributed by atoms with Crippen LogP contribution in [0.15, 0.2) is 79.3 Å². The van der Waals surface area contributed by atoms with Gasteiger partial charge in [-0.25, -0.2) is 29.3 Å². The van der Waals surface area contributed by atoms with Crippen molar-refractivity contribution in [1.29, 1.82) is 0 Å². The minimum Gasteiger partial charge on any atom is -0.338 e. The van der Waals surface area contributed by atoms with Crippen LogP contribution in [0.3, 0.4) is 0 Å². The number of pyridine rings is 2. The molecule has 0 bridgehead atoms. The van der Waals surface area contributed by atoms with Crippen LogP contribution >= 0.6 is 99.3 Å². The Morgan fingerprint density at radius 2 is 1.18 bits per heavy atom. The highest BCUT2D eigenvalue weighted by molar-refractivity contribution is 9.10. The molecule has 62 heavy (non-hydrogen) atoms. The molecule has 0 N–H and O–H groups in total. The molecule has 6 aromatic rings. The number of hydrogen-bond acceptors (Lipinski definition) is 16. The Hall–Kier alpha value is -2.34. The summed E-state index contributed by atoms with van der Waals surface area (Å²) in [6.07, 6.45) is 14.8. The van der Waals surface area contributed by atoms with Gasteiger partial charge in [0.2, 0.25) is 11.6 Å². The van der Waals surface area contributed by atoms with E-state index in [0.717, 1.165) is 81.4 Å². The molecular weight excluding hydrogens is 1040 g/mol. The minimum atomic E-state index is -1.08. The van der Waals surface area contributed by atoms with Crippen LogP contribution in [0.1, 0.15) is 61.8 Å². The fraction of sp³-hybridized carbons (Fsp3) is 0.450. The van der Waals surface area contributed by atoms with Crippen LogP contribution in [0, 0.1) is 0 Å². The second-order valence-electron chi connectivity index (χ2n) is 15.6. The van der Waals surface area contributed by atoms with Gasteiger partial charge in [-0.2, -0.15) is 10.2 Å². The molecule has 22 heteroatoms. The predicted octanol–water partition coefficient (Wildman–Crippen LogP) is 11.4. The molecule has 4 atom stereocenters. The number of ether oxygens (including phenoxy) is 4. The van der Waals surface area contributed by atoms with Gasteiger partial charge in [0.15, 0.2) is 21.9 Å². The lowest BCUT2D eigenvalue weighted by Gasteiger charge is -2.28. The van der Waals surface area contributed by atoms with Crippen LogP contribution in [-0.4, -0.2) is 78.0 Å². The number of nitrogens with zero attached hydrogens (tertiary/aromatic N) is 10. The van der Waals surface area contributed by atoms with E-state index >= 15 is 0 Å². The summed E-state index contributed by atoms with van der Waals surface area (Å²) in [5.74, 6) is -0.841. The van der Waals surface area contributed by atoms with Crippen molar-refractivity contribution in [3.63, 3.8) is 0 Å². The third-order valence-electron chi connectivity index (χ3n) is 11.6. The number of anilines is 4. The third-order valence-corrected chi connectivity index (χ3v) is 17.3. The van der Waals surface area contributed by atoms with Crippen molar-refractivity contribution in [2.45, 2.75) is 111 Å². The molecule has 6 aromatic heterocycles. The van der Waals surface area contributed by atoms with Crippen molar-refractivity contribution < 1.29 is 18.9 Å². The monoisotopic (exact) mass is 1080 g/mol. The van der Waals surface area contributed by atoms with E-state index in [2.05, 4.69) is 74.7 Å². The lowest BCUT2D eigenvalue weighted by Crippen LogP contribution is -2.34. The van der Waals surface area contributed by atoms with Crippen LogP contribution < -0.4 is 9.80 Å². The Kier molecular flexibility index (Phi) is 12.7. The molecule has 0 radical (unpaired) electrons. The Bertz CT molecular complexity index is 2360. The van der Waals surface area contributed by atoms with Gasteiger partial charge in [-0.15, -0.1) is 22.7 Å². The van der Waals surface area contributed by atoms with Gasteiger partial charge in [-0.3, -0.25) is 0 Å². The second kappa shape index (κ2) is 18.1. The summed E-state index contributed by atoms with van der Waals surface area (Å²) in [7, 11) is 6.81. The van der Waals surface area contributed by atoms with Gasteiger partial charge in [0.25, 0.3) is 0 Å². The molecule has 0 spiro atoms. The molecule has 4 unspecified atom stereocenters. The van der Waals surface area contributed by atoms with Gasteiger partial charge in [0.1, 0.15) is 25.7 Å². The molecule has 8 heterocycles. The first-order chi connectivity index (χ1) is 30.1. The summed E-state index contributed by atoms with van der Waals surface area (Å²) in [6, 6.07) is 7.88. The van der Waals surface area contributed by atoms with Crippen molar-refractivity contribution >= 4 is 122 Å². The Labute approximate surface area is 401 Å². The maximum atomic E-state index is 6.94. The molecule has 326 valence electrons. The molecule has 0 amide bonds. The SMILES string of the molecule is CN(c1csc(C2(Cn3ncnc3SSc3ncnn3CC3(c4csc(N(C)c5ncc(Br)cc5Cl)c4)OC4CCCCC4O3)OC3CCCCC3O2)c1)c1ncc(Br)cc1Cl. The number of aromatic nitrogens is 8. The molecule has 2 aliphatic carbocycles. The van der Waals surface area contributed by atoms with E-state index in [1.807, 2.05) is 45.4 Å². The highest BCUT2D eigenvalue weighted by Crippen LogP contribution is 2.50. The van der Waals surface area contributed by atoms with Crippen molar-refractivity contribution in [3.05, 3.63) is 89.5 Å². The number of halogens is 4. The zero-order valence-electron chi connectivity index (χ0n) is 33.4. The maximum Gasteiger partial charge on any atom is 0.225 e. The van der Waals surface area contributed by atoms with Crippen molar-refractivity contribution in [2.75, 3.05) is 23.9 Å². The fourth-order valence-electron chi connectivity index (χ4n) is 8.53. The molecule has 4 aliphatic rings. The lowest BCUT2D eigenvalue weighted by molar-refractivity contribution is -0.196. The van der Waals surface area contributed by atoms with Gasteiger partial charge in [-0.1, -0.05) is 48.9 Å². The summed E-state index contributed by atoms with van der Waals surface area (Å²) in [5, 5.41) is 16.9. The normalized spacial score (nSPS) is 25.8. The van der Waals surface area contributed by atoms with E-state index in [0.29, 0.717) is 45.1 Å². The summed E-state index contributed by atoms with van der Waals surface area (Å²) in [5.41, 5.74) is 1.84. The average molecular weight is 1080 g/mol. The molecule has 10 rings (SSSR count). The Morgan fingerprint density at radius 1 is 0.677 bits per heavy atom. The quantitative estimate of drug-likeness (QED) is 0.102. The predicted molar refractivity (Wildman–Crippen MR) is 250 cm³/mol. The Morgan fingerprint density at radius 3 is 1.71 bits per heavy atom. The maximum absolute atomic E-state index is 6.94. The summed E-state index contributed by atoms with van der Waals surface area (Å²) in [4.78, 5) is 23.4. The zero-order chi connectivity index (χ0) is 42.6. The molecule has 2 aliphatic heterocycles. The zero-order valence-corrected chi connectivity index (χ0v) is 41.4. The largest absolute Gasteiger partial charge is 0.338 e. The number of hydrogen-bond donors (Lipinski definition) is 0. The van der Waals surface area contributed by atoms with E-state index in [1.165, 1.54) is 21.6 Å². The van der Waals surface area contributed by atoms with Crippen LogP contribution in [-0.2, 0) is 43.6 Å². The van der Waals surface area contributed by atoms with Crippen molar-refractivity contribution in [2.24, 2.45) is 0 Å². The fourth-order valence-corrected chi connectivity index (χ4v) is 13.9. The first-order valence-corrected chi connectivity index (χ1v) is 26.4. The summed E-state index contributed by atoms with van der Waals surface area (Å²) >= 11 is 23.3. The van der Waals surface area contributed by atoms with Gasteiger partial charge in [0.05, 0.1) is 50.0 Å². The first kappa shape index (κ1) is 43.5. The van der Waals surface area contributed by atoms with Crippen molar-refractivity contribution in [1.82, 2.24) is 39.5 Å². The lowest BCUT2D eigenvalue weighted by atomic mass is 9.95. The van der Waals surface area contributed by atoms with E-state index in [4.69, 9.17) is 52.3 Å². The van der Waals surface area contributed by atoms with Gasteiger partial charge >= 0.3 is 0 Å². The average Bonchev–Trinajstić information content (AvgIpc) is 4.12. The van der Waals surface area contributed by atoms with Crippen LogP contribution in [0.25, 0.3) is 0 Å². The number of thiophene rings is 2. The molecule has 4 fully saturated rings. The topological polar surface area (TPSA) is 131 Å². The minimum absolute atomic E-state index is 0.00622. The molecular formula is C40H40Br2Cl2N10O4S4. The van der Waals surface area contributed by atoms with Crippen LogP contribution in [0.4, 0.5) is 22.3 Å². The van der Waals surface area contributed by atoms with Gasteiger partial charge in [-0.05, 0) is 103 Å². The molecule has 0 aromatic carbocycles. The van der Waals surface area contributed by atoms with E-state index in [9.17, 15) is 0 Å². The standard InChI is InChI=1S/C40H40Br2Cl2N10O4S4/c1-51(35-27(43)12-24(41)15-45-35)26-14-33(59-18-26)40(57-31-9-5-6-10-32(31)58-40)20-54-38(48-22-50-54)62-61-37-47-21-49-53(37)19-39(55-29-7-3-4-8-30(29)56-39)23-11-34(60-17-23)52(2)36-28(44)13-25(42)16-46-36/h11-18,21-22,29-32H,3-10,19-20H2,1-2H3. The number of fused-ring (bicyclic) bond motifs is 2. The summed E-state index contributed by atoms with van der Waals surface area (Å²) in [6.45, 7) is 0.608. The highest BCUT2D eigenvalue weighted by atomic mass is 79.9. The highest BCUT2D eigenvalue weighted by Gasteiger charge is 2.52. The smallest absolute Gasteiger partial charge is 0.225 e. The summed E-state index contributed by atoms with van der Waals surface area (Å²) < 4.78 is 33.1. The Balaban J connectivity index is 0.892. The number of rotatable bonds is 13.